The van der Waals surface area contributed by atoms with Gasteiger partial charge in [-0.25, -0.2) is 10.0 Å². The highest BCUT2D eigenvalue weighted by Gasteiger charge is 2.24. The van der Waals surface area contributed by atoms with Crippen LogP contribution in [0.2, 0.25) is 0 Å². The van der Waals surface area contributed by atoms with Crippen molar-refractivity contribution in [3.63, 3.8) is 0 Å². The van der Waals surface area contributed by atoms with Crippen molar-refractivity contribution in [3.8, 4) is 11.1 Å². The van der Waals surface area contributed by atoms with Crippen molar-refractivity contribution in [1.82, 2.24) is 14.5 Å². The van der Waals surface area contributed by atoms with Crippen LogP contribution >= 0.6 is 0 Å². The molecule has 144 valence electrons. The molecule has 0 amide bonds. The second-order valence-corrected chi connectivity index (χ2v) is 7.11. The van der Waals surface area contributed by atoms with E-state index >= 15 is 0 Å². The second kappa shape index (κ2) is 7.37. The second-order valence-electron chi connectivity index (χ2n) is 7.11. The minimum absolute atomic E-state index is 0.195. The number of hydroxylamine groups is 1. The molecule has 0 aromatic carbocycles. The van der Waals surface area contributed by atoms with Gasteiger partial charge in [-0.15, -0.1) is 0 Å². The third-order valence-electron chi connectivity index (χ3n) is 4.90. The quantitative estimate of drug-likeness (QED) is 0.523. The van der Waals surface area contributed by atoms with Gasteiger partial charge in [-0.1, -0.05) is 13.3 Å². The molecule has 1 atom stereocenters. The van der Waals surface area contributed by atoms with Gasteiger partial charge in [0.1, 0.15) is 7.85 Å². The fourth-order valence-corrected chi connectivity index (χ4v) is 3.31. The van der Waals surface area contributed by atoms with E-state index in [9.17, 15) is 15.1 Å². The van der Waals surface area contributed by atoms with E-state index in [0.717, 1.165) is 22.4 Å². The predicted molar refractivity (Wildman–Crippen MR) is 110 cm³/mol. The summed E-state index contributed by atoms with van der Waals surface area (Å²) >= 11 is 0. The number of hydrogen-bond acceptors (Lipinski definition) is 6. The molecule has 2 N–H and O–H groups in total. The van der Waals surface area contributed by atoms with Gasteiger partial charge in [-0.2, -0.15) is 0 Å². The molecule has 0 spiro atoms. The average Bonchev–Trinajstić information content (AvgIpc) is 2.64. The molecule has 3 aromatic rings. The zero-order valence-electron chi connectivity index (χ0n) is 16.5. The normalized spacial score (nSPS) is 13.5. The van der Waals surface area contributed by atoms with Gasteiger partial charge < -0.3 is 9.67 Å². The summed E-state index contributed by atoms with van der Waals surface area (Å²) in [7, 11) is 9.11. The van der Waals surface area contributed by atoms with Crippen LogP contribution in [0.3, 0.4) is 0 Å². The smallest absolute Gasteiger partial charge is 0.258 e. The molecule has 0 bridgehead atoms. The van der Waals surface area contributed by atoms with E-state index < -0.39 is 5.50 Å². The van der Waals surface area contributed by atoms with Crippen LogP contribution in [0.15, 0.2) is 35.4 Å². The fraction of sp³-hybridized carbons (Fsp3) is 0.350. The maximum absolute atomic E-state index is 13.0. The summed E-state index contributed by atoms with van der Waals surface area (Å²) in [6.07, 6.45) is 4.30. The summed E-state index contributed by atoms with van der Waals surface area (Å²) in [5, 5.41) is 21.6. The first-order valence-electron chi connectivity index (χ1n) is 9.07. The number of fused-ring (bicyclic) bond motifs is 1. The Kier molecular flexibility index (Phi) is 5.27. The van der Waals surface area contributed by atoms with Gasteiger partial charge >= 0.3 is 0 Å². The number of nitrogens with zero attached hydrogens (tertiary/aromatic N) is 4. The largest absolute Gasteiger partial charge is 0.394 e. The van der Waals surface area contributed by atoms with Crippen LogP contribution in [-0.2, 0) is 12.5 Å². The lowest BCUT2D eigenvalue weighted by Crippen LogP contribution is -2.27. The van der Waals surface area contributed by atoms with Crippen molar-refractivity contribution in [2.75, 3.05) is 12.1 Å². The maximum atomic E-state index is 13.0. The molecule has 7 nitrogen and oxygen atoms in total. The standard InChI is InChI=1S/C20H23BN4O3/c1-5-6-20(21,27)17-7-12(2)15(11-22-17)14-8-13-10-23-18(25(4)28)9-16(13)24(3)19(14)26/h7-11,27-28H,5-6H2,1-4H3. The summed E-state index contributed by atoms with van der Waals surface area (Å²) in [6, 6.07) is 5.13. The van der Waals surface area contributed by atoms with Gasteiger partial charge in [-0.05, 0) is 31.0 Å². The molecule has 3 aromatic heterocycles. The Morgan fingerprint density at radius 3 is 2.54 bits per heavy atom. The zero-order valence-corrected chi connectivity index (χ0v) is 16.5. The van der Waals surface area contributed by atoms with E-state index in [-0.39, 0.29) is 5.56 Å². The van der Waals surface area contributed by atoms with Crippen LogP contribution in [0, 0.1) is 6.92 Å². The highest BCUT2D eigenvalue weighted by atomic mass is 16.5. The Morgan fingerprint density at radius 2 is 1.93 bits per heavy atom. The molecular formula is C20H23BN4O3. The fourth-order valence-electron chi connectivity index (χ4n) is 3.31. The van der Waals surface area contributed by atoms with E-state index in [4.69, 9.17) is 7.85 Å². The van der Waals surface area contributed by atoms with Crippen LogP contribution < -0.4 is 10.6 Å². The van der Waals surface area contributed by atoms with Crippen LogP contribution in [0.5, 0.6) is 0 Å². The Morgan fingerprint density at radius 1 is 1.21 bits per heavy atom. The lowest BCUT2D eigenvalue weighted by molar-refractivity contribution is 0.112. The summed E-state index contributed by atoms with van der Waals surface area (Å²) in [5.74, 6) is 0.343. The van der Waals surface area contributed by atoms with E-state index in [1.165, 1.54) is 11.6 Å². The van der Waals surface area contributed by atoms with Crippen molar-refractivity contribution >= 4 is 24.6 Å². The molecule has 0 fully saturated rings. The lowest BCUT2D eigenvalue weighted by Gasteiger charge is -2.23. The minimum Gasteiger partial charge on any atom is -0.394 e. The van der Waals surface area contributed by atoms with E-state index in [0.29, 0.717) is 34.6 Å². The monoisotopic (exact) mass is 378 g/mol. The summed E-state index contributed by atoms with van der Waals surface area (Å²) in [6.45, 7) is 3.79. The topological polar surface area (TPSA) is 91.5 Å². The number of aromatic nitrogens is 3. The average molecular weight is 378 g/mol. The zero-order chi connectivity index (χ0) is 20.6. The van der Waals surface area contributed by atoms with Crippen molar-refractivity contribution < 1.29 is 10.3 Å². The molecule has 8 heteroatoms. The summed E-state index contributed by atoms with van der Waals surface area (Å²) in [4.78, 5) is 21.5. The summed E-state index contributed by atoms with van der Waals surface area (Å²) in [5.41, 5.74) is 1.28. The molecule has 3 heterocycles. The highest BCUT2D eigenvalue weighted by molar-refractivity contribution is 6.14. The SMILES string of the molecule is [B]C(O)(CCC)c1cc(C)c(-c2cc3cnc(N(C)O)cc3n(C)c2=O)cn1. The Labute approximate surface area is 164 Å². The van der Waals surface area contributed by atoms with E-state index in [1.807, 2.05) is 13.8 Å². The molecule has 3 rings (SSSR count). The highest BCUT2D eigenvalue weighted by Crippen LogP contribution is 2.28. The molecule has 2 radical (unpaired) electrons. The molecule has 0 aliphatic heterocycles. The number of pyridine rings is 3. The minimum atomic E-state index is -1.50. The first-order chi connectivity index (χ1) is 13.2. The number of aliphatic hydroxyl groups is 1. The van der Waals surface area contributed by atoms with Gasteiger partial charge in [-0.3, -0.25) is 15.0 Å². The van der Waals surface area contributed by atoms with Crippen molar-refractivity contribution in [2.45, 2.75) is 32.2 Å². The van der Waals surface area contributed by atoms with Crippen molar-refractivity contribution in [2.24, 2.45) is 7.05 Å². The summed E-state index contributed by atoms with van der Waals surface area (Å²) < 4.78 is 1.52. The molecule has 28 heavy (non-hydrogen) atoms. The number of aryl methyl sites for hydroxylation is 2. The number of anilines is 1. The Bertz CT molecular complexity index is 1090. The number of rotatable bonds is 5. The number of hydrogen-bond donors (Lipinski definition) is 2. The van der Waals surface area contributed by atoms with Gasteiger partial charge in [0.15, 0.2) is 5.82 Å². The van der Waals surface area contributed by atoms with Crippen molar-refractivity contribution in [1.29, 1.82) is 0 Å². The van der Waals surface area contributed by atoms with Gasteiger partial charge in [0.05, 0.1) is 16.7 Å². The van der Waals surface area contributed by atoms with Crippen LogP contribution in [0.1, 0.15) is 31.0 Å². The van der Waals surface area contributed by atoms with Crippen LogP contribution in [0.25, 0.3) is 22.0 Å². The van der Waals surface area contributed by atoms with Gasteiger partial charge in [0, 0.05) is 49.1 Å². The molecule has 0 aliphatic carbocycles. The van der Waals surface area contributed by atoms with E-state index in [2.05, 4.69) is 9.97 Å². The maximum Gasteiger partial charge on any atom is 0.258 e. The molecule has 0 saturated heterocycles. The van der Waals surface area contributed by atoms with Gasteiger partial charge in [0.25, 0.3) is 5.56 Å². The molecule has 0 aliphatic rings. The molecular weight excluding hydrogens is 355 g/mol. The molecule has 1 unspecified atom stereocenters. The Hall–Kier alpha value is -2.71. The third kappa shape index (κ3) is 3.53. The predicted octanol–water partition coefficient (Wildman–Crippen LogP) is 2.24. The van der Waals surface area contributed by atoms with Gasteiger partial charge in [0.2, 0.25) is 0 Å². The first-order valence-corrected chi connectivity index (χ1v) is 9.07. The lowest BCUT2D eigenvalue weighted by atomic mass is 9.74. The third-order valence-corrected chi connectivity index (χ3v) is 4.90. The van der Waals surface area contributed by atoms with Crippen molar-refractivity contribution in [3.05, 3.63) is 52.2 Å². The molecule has 0 saturated carbocycles. The van der Waals surface area contributed by atoms with Crippen LogP contribution in [-0.4, -0.2) is 39.7 Å². The first kappa shape index (κ1) is 20.0. The Balaban J connectivity index is 2.15. The van der Waals surface area contributed by atoms with E-state index in [1.54, 1.807) is 37.6 Å². The van der Waals surface area contributed by atoms with Crippen LogP contribution in [0.4, 0.5) is 5.82 Å².